The molecule has 0 aliphatic heterocycles. The molecule has 1 aromatic heterocycles. The minimum absolute atomic E-state index is 0.284. The number of halogens is 1. The number of benzene rings is 1. The maximum absolute atomic E-state index is 14.4. The van der Waals surface area contributed by atoms with Crippen LogP contribution in [0.3, 0.4) is 0 Å². The van der Waals surface area contributed by atoms with Crippen LogP contribution in [0.5, 0.6) is 5.75 Å². The van der Waals surface area contributed by atoms with Crippen molar-refractivity contribution in [3.63, 3.8) is 0 Å². The second-order valence-electron chi connectivity index (χ2n) is 4.81. The molecule has 2 aromatic rings. The minimum Gasteiger partial charge on any atom is -0.496 e. The van der Waals surface area contributed by atoms with Gasteiger partial charge in [-0.15, -0.1) is 0 Å². The van der Waals surface area contributed by atoms with E-state index < -0.39 is 0 Å². The van der Waals surface area contributed by atoms with Crippen LogP contribution in [0, 0.1) is 5.82 Å². The summed E-state index contributed by atoms with van der Waals surface area (Å²) in [5, 5.41) is 3.38. The van der Waals surface area contributed by atoms with Gasteiger partial charge in [0.15, 0.2) is 0 Å². The topological polar surface area (TPSA) is 39.1 Å². The van der Waals surface area contributed by atoms with Gasteiger partial charge in [0.25, 0.3) is 0 Å². The Morgan fingerprint density at radius 1 is 1.38 bits per heavy atom. The van der Waals surface area contributed by atoms with E-state index >= 15 is 0 Å². The van der Waals surface area contributed by atoms with Gasteiger partial charge in [0, 0.05) is 18.9 Å². The van der Waals surface area contributed by atoms with Crippen molar-refractivity contribution < 1.29 is 9.13 Å². The molecule has 0 fully saturated rings. The van der Waals surface area contributed by atoms with E-state index in [4.69, 9.17) is 4.74 Å². The smallest absolute Gasteiger partial charge is 0.132 e. The van der Waals surface area contributed by atoms with Crippen molar-refractivity contribution in [2.24, 2.45) is 0 Å². The molecule has 1 atom stereocenters. The van der Waals surface area contributed by atoms with E-state index in [1.807, 2.05) is 17.7 Å². The van der Waals surface area contributed by atoms with E-state index in [2.05, 4.69) is 17.2 Å². The van der Waals surface area contributed by atoms with Gasteiger partial charge >= 0.3 is 0 Å². The first-order valence-electron chi connectivity index (χ1n) is 7.29. The lowest BCUT2D eigenvalue weighted by Crippen LogP contribution is -2.27. The maximum atomic E-state index is 14.4. The SMILES string of the molecule is CCCNC(c1c(F)cccc1OC)c1nccn1CC. The fraction of sp³-hybridized carbons (Fsp3) is 0.438. The molecule has 0 saturated carbocycles. The number of hydrogen-bond acceptors (Lipinski definition) is 3. The Hall–Kier alpha value is -1.88. The molecule has 1 heterocycles. The Labute approximate surface area is 125 Å². The fourth-order valence-corrected chi connectivity index (χ4v) is 2.43. The quantitative estimate of drug-likeness (QED) is 0.852. The highest BCUT2D eigenvalue weighted by atomic mass is 19.1. The summed E-state index contributed by atoms with van der Waals surface area (Å²) in [7, 11) is 1.56. The van der Waals surface area contributed by atoms with Crippen molar-refractivity contribution in [1.82, 2.24) is 14.9 Å². The van der Waals surface area contributed by atoms with Crippen LogP contribution in [-0.4, -0.2) is 23.2 Å². The molecule has 1 N–H and O–H groups in total. The Balaban J connectivity index is 2.50. The molecule has 0 radical (unpaired) electrons. The summed E-state index contributed by atoms with van der Waals surface area (Å²) in [6, 6.07) is 4.56. The van der Waals surface area contributed by atoms with Gasteiger partial charge in [0.1, 0.15) is 17.4 Å². The molecule has 0 aliphatic carbocycles. The molecule has 0 saturated heterocycles. The highest BCUT2D eigenvalue weighted by Crippen LogP contribution is 2.31. The molecule has 0 spiro atoms. The van der Waals surface area contributed by atoms with Crippen LogP contribution < -0.4 is 10.1 Å². The van der Waals surface area contributed by atoms with Crippen LogP contribution in [0.1, 0.15) is 37.7 Å². The standard InChI is InChI=1S/C16H22FN3O/c1-4-9-18-15(16-19-10-11-20(16)5-2)14-12(17)7-6-8-13(14)21-3/h6-8,10-11,15,18H,4-5,9H2,1-3H3. The second kappa shape index (κ2) is 7.22. The predicted molar refractivity (Wildman–Crippen MR) is 81.0 cm³/mol. The van der Waals surface area contributed by atoms with Gasteiger partial charge in [-0.3, -0.25) is 0 Å². The normalized spacial score (nSPS) is 12.4. The second-order valence-corrected chi connectivity index (χ2v) is 4.81. The molecule has 2 rings (SSSR count). The van der Waals surface area contributed by atoms with Gasteiger partial charge in [0.05, 0.1) is 18.7 Å². The van der Waals surface area contributed by atoms with Crippen LogP contribution >= 0.6 is 0 Å². The lowest BCUT2D eigenvalue weighted by molar-refractivity contribution is 0.393. The summed E-state index contributed by atoms with van der Waals surface area (Å²) < 4.78 is 21.7. The summed E-state index contributed by atoms with van der Waals surface area (Å²) in [5.74, 6) is 1.05. The Kier molecular flexibility index (Phi) is 5.33. The minimum atomic E-state index is -0.323. The molecular formula is C16H22FN3O. The van der Waals surface area contributed by atoms with E-state index in [-0.39, 0.29) is 11.9 Å². The number of hydrogen-bond donors (Lipinski definition) is 1. The average molecular weight is 291 g/mol. The van der Waals surface area contributed by atoms with Crippen LogP contribution in [0.25, 0.3) is 0 Å². The van der Waals surface area contributed by atoms with E-state index in [1.54, 1.807) is 25.4 Å². The summed E-state index contributed by atoms with van der Waals surface area (Å²) in [6.07, 6.45) is 4.61. The number of methoxy groups -OCH3 is 1. The molecule has 1 unspecified atom stereocenters. The third kappa shape index (κ3) is 3.24. The summed E-state index contributed by atoms with van der Waals surface area (Å²) in [5.41, 5.74) is 0.509. The number of aromatic nitrogens is 2. The summed E-state index contributed by atoms with van der Waals surface area (Å²) in [4.78, 5) is 4.41. The zero-order valence-corrected chi connectivity index (χ0v) is 12.8. The Morgan fingerprint density at radius 2 is 2.19 bits per heavy atom. The summed E-state index contributed by atoms with van der Waals surface area (Å²) >= 11 is 0. The fourth-order valence-electron chi connectivity index (χ4n) is 2.43. The van der Waals surface area contributed by atoms with Crippen LogP contribution in [-0.2, 0) is 6.54 Å². The van der Waals surface area contributed by atoms with Crippen molar-refractivity contribution in [1.29, 1.82) is 0 Å². The van der Waals surface area contributed by atoms with E-state index in [9.17, 15) is 4.39 Å². The molecule has 0 aliphatic rings. The number of aryl methyl sites for hydroxylation is 1. The van der Waals surface area contributed by atoms with Gasteiger partial charge in [0.2, 0.25) is 0 Å². The first kappa shape index (κ1) is 15.5. The van der Waals surface area contributed by atoms with E-state index in [0.29, 0.717) is 11.3 Å². The van der Waals surface area contributed by atoms with Gasteiger partial charge in [-0.1, -0.05) is 13.0 Å². The van der Waals surface area contributed by atoms with Crippen molar-refractivity contribution >= 4 is 0 Å². The lowest BCUT2D eigenvalue weighted by Gasteiger charge is -2.22. The third-order valence-corrected chi connectivity index (χ3v) is 3.47. The number of ether oxygens (including phenoxy) is 1. The first-order valence-corrected chi connectivity index (χ1v) is 7.29. The van der Waals surface area contributed by atoms with Gasteiger partial charge < -0.3 is 14.6 Å². The molecule has 0 amide bonds. The molecule has 5 heteroatoms. The first-order chi connectivity index (χ1) is 10.2. The lowest BCUT2D eigenvalue weighted by atomic mass is 10.0. The molecule has 21 heavy (non-hydrogen) atoms. The maximum Gasteiger partial charge on any atom is 0.132 e. The van der Waals surface area contributed by atoms with Gasteiger partial charge in [-0.05, 0) is 32.0 Å². The van der Waals surface area contributed by atoms with Crippen molar-refractivity contribution in [3.8, 4) is 5.75 Å². The van der Waals surface area contributed by atoms with Gasteiger partial charge in [-0.2, -0.15) is 0 Å². The molecule has 114 valence electrons. The Morgan fingerprint density at radius 3 is 2.86 bits per heavy atom. The Bertz CT molecular complexity index is 583. The highest BCUT2D eigenvalue weighted by Gasteiger charge is 2.25. The molecule has 1 aromatic carbocycles. The number of rotatable bonds is 7. The van der Waals surface area contributed by atoms with Crippen LogP contribution in [0.15, 0.2) is 30.6 Å². The van der Waals surface area contributed by atoms with Crippen molar-refractivity contribution in [2.75, 3.05) is 13.7 Å². The van der Waals surface area contributed by atoms with E-state index in [1.165, 1.54) is 6.07 Å². The zero-order chi connectivity index (χ0) is 15.2. The summed E-state index contributed by atoms with van der Waals surface area (Å²) in [6.45, 7) is 5.69. The number of imidazole rings is 1. The third-order valence-electron chi connectivity index (χ3n) is 3.47. The largest absolute Gasteiger partial charge is 0.496 e. The number of nitrogens with one attached hydrogen (secondary N) is 1. The molecule has 0 bridgehead atoms. The van der Waals surface area contributed by atoms with E-state index in [0.717, 1.165) is 25.3 Å². The van der Waals surface area contributed by atoms with Crippen molar-refractivity contribution in [2.45, 2.75) is 32.9 Å². The molecular weight excluding hydrogens is 269 g/mol. The van der Waals surface area contributed by atoms with Crippen LogP contribution in [0.4, 0.5) is 4.39 Å². The number of nitrogens with zero attached hydrogens (tertiary/aromatic N) is 2. The van der Waals surface area contributed by atoms with Crippen molar-refractivity contribution in [3.05, 3.63) is 47.8 Å². The van der Waals surface area contributed by atoms with Gasteiger partial charge in [-0.25, -0.2) is 9.37 Å². The predicted octanol–water partition coefficient (Wildman–Crippen LogP) is 3.14. The van der Waals surface area contributed by atoms with Crippen LogP contribution in [0.2, 0.25) is 0 Å². The highest BCUT2D eigenvalue weighted by molar-refractivity contribution is 5.40. The molecule has 4 nitrogen and oxygen atoms in total. The average Bonchev–Trinajstić information content (AvgIpc) is 2.97. The monoisotopic (exact) mass is 291 g/mol. The zero-order valence-electron chi connectivity index (χ0n) is 12.8.